The Morgan fingerprint density at radius 1 is 1.20 bits per heavy atom. The zero-order valence-corrected chi connectivity index (χ0v) is 12.4. The summed E-state index contributed by atoms with van der Waals surface area (Å²) in [5.74, 6) is 1.68. The van der Waals surface area contributed by atoms with Crippen LogP contribution in [0.25, 0.3) is 0 Å². The fraction of sp³-hybridized carbons (Fsp3) is 0.562. The van der Waals surface area contributed by atoms with E-state index in [9.17, 15) is 0 Å². The average Bonchev–Trinajstić information content (AvgIpc) is 2.90. The molecular formula is C16H21ClN2O. The maximum atomic E-state index is 6.19. The lowest BCUT2D eigenvalue weighted by molar-refractivity contribution is 0.212. The van der Waals surface area contributed by atoms with Gasteiger partial charge in [0, 0.05) is 17.9 Å². The number of benzene rings is 1. The molecule has 2 aliphatic rings. The van der Waals surface area contributed by atoms with Gasteiger partial charge in [-0.1, -0.05) is 29.8 Å². The number of piperidine rings is 1. The molecule has 0 radical (unpaired) electrons. The standard InChI is InChI=1S/C16H21ClN2O/c17-15-4-2-1-3-13(15)10-14-11-19-16(20-14)9-12-5-7-18-8-6-12/h1-4,12,14,18H,5-11H2. The highest BCUT2D eigenvalue weighted by atomic mass is 35.5. The molecule has 0 saturated carbocycles. The largest absolute Gasteiger partial charge is 0.475 e. The predicted molar refractivity (Wildman–Crippen MR) is 82.5 cm³/mol. The van der Waals surface area contributed by atoms with Crippen molar-refractivity contribution in [2.45, 2.75) is 31.8 Å². The molecule has 1 aromatic carbocycles. The van der Waals surface area contributed by atoms with E-state index in [1.54, 1.807) is 0 Å². The van der Waals surface area contributed by atoms with Crippen molar-refractivity contribution >= 4 is 17.5 Å². The zero-order valence-electron chi connectivity index (χ0n) is 11.6. The maximum absolute atomic E-state index is 6.19. The number of aliphatic imine (C=N–C) groups is 1. The molecule has 1 N–H and O–H groups in total. The summed E-state index contributed by atoms with van der Waals surface area (Å²) in [6.45, 7) is 3.02. The minimum absolute atomic E-state index is 0.159. The molecule has 1 atom stereocenters. The first-order valence-corrected chi connectivity index (χ1v) is 7.83. The molecule has 108 valence electrons. The molecule has 1 aromatic rings. The second kappa shape index (κ2) is 6.59. The van der Waals surface area contributed by atoms with Crippen molar-refractivity contribution in [2.75, 3.05) is 19.6 Å². The van der Waals surface area contributed by atoms with Crippen LogP contribution in [0.15, 0.2) is 29.3 Å². The fourth-order valence-electron chi connectivity index (χ4n) is 2.93. The van der Waals surface area contributed by atoms with E-state index in [1.807, 2.05) is 18.2 Å². The Hall–Kier alpha value is -1.06. The van der Waals surface area contributed by atoms with Crippen LogP contribution in [0.3, 0.4) is 0 Å². The Balaban J connectivity index is 1.50. The number of hydrogen-bond acceptors (Lipinski definition) is 3. The van der Waals surface area contributed by atoms with Crippen molar-refractivity contribution < 1.29 is 4.74 Å². The maximum Gasteiger partial charge on any atom is 0.184 e. The number of hydrogen-bond donors (Lipinski definition) is 1. The van der Waals surface area contributed by atoms with Gasteiger partial charge in [0.15, 0.2) is 5.90 Å². The van der Waals surface area contributed by atoms with Gasteiger partial charge in [-0.3, -0.25) is 4.99 Å². The Kier molecular flexibility index (Phi) is 4.58. The molecule has 1 unspecified atom stereocenters. The van der Waals surface area contributed by atoms with Crippen molar-refractivity contribution in [3.63, 3.8) is 0 Å². The molecule has 0 bridgehead atoms. The lowest BCUT2D eigenvalue weighted by Crippen LogP contribution is -2.29. The summed E-state index contributed by atoms with van der Waals surface area (Å²) in [6.07, 6.45) is 4.47. The fourth-order valence-corrected chi connectivity index (χ4v) is 3.14. The summed E-state index contributed by atoms with van der Waals surface area (Å²) in [5, 5.41) is 4.21. The number of nitrogens with one attached hydrogen (secondary N) is 1. The van der Waals surface area contributed by atoms with Crippen LogP contribution in [0, 0.1) is 5.92 Å². The molecular weight excluding hydrogens is 272 g/mol. The van der Waals surface area contributed by atoms with Crippen molar-refractivity contribution in [2.24, 2.45) is 10.9 Å². The van der Waals surface area contributed by atoms with Gasteiger partial charge in [-0.25, -0.2) is 0 Å². The number of halogens is 1. The van der Waals surface area contributed by atoms with E-state index in [4.69, 9.17) is 16.3 Å². The first-order chi connectivity index (χ1) is 9.81. The van der Waals surface area contributed by atoms with Gasteiger partial charge in [-0.05, 0) is 43.5 Å². The molecule has 1 fully saturated rings. The molecule has 0 aromatic heterocycles. The Bertz CT molecular complexity index is 483. The van der Waals surface area contributed by atoms with Crippen LogP contribution in [0.2, 0.25) is 5.02 Å². The number of rotatable bonds is 4. The smallest absolute Gasteiger partial charge is 0.184 e. The molecule has 2 aliphatic heterocycles. The van der Waals surface area contributed by atoms with Crippen molar-refractivity contribution in [1.29, 1.82) is 0 Å². The van der Waals surface area contributed by atoms with Gasteiger partial charge in [0.2, 0.25) is 0 Å². The highest BCUT2D eigenvalue weighted by Crippen LogP contribution is 2.23. The minimum atomic E-state index is 0.159. The molecule has 1 saturated heterocycles. The highest BCUT2D eigenvalue weighted by Gasteiger charge is 2.24. The minimum Gasteiger partial charge on any atom is -0.475 e. The van der Waals surface area contributed by atoms with Crippen LogP contribution >= 0.6 is 11.6 Å². The topological polar surface area (TPSA) is 33.6 Å². The Morgan fingerprint density at radius 2 is 2.00 bits per heavy atom. The van der Waals surface area contributed by atoms with Gasteiger partial charge in [0.1, 0.15) is 6.10 Å². The number of ether oxygens (including phenoxy) is 1. The second-order valence-corrected chi connectivity index (χ2v) is 6.07. The zero-order chi connectivity index (χ0) is 13.8. The summed E-state index contributed by atoms with van der Waals surface area (Å²) in [5.41, 5.74) is 1.15. The van der Waals surface area contributed by atoms with Gasteiger partial charge in [-0.15, -0.1) is 0 Å². The Labute approximate surface area is 125 Å². The van der Waals surface area contributed by atoms with Gasteiger partial charge in [0.05, 0.1) is 6.54 Å². The summed E-state index contributed by atoms with van der Waals surface area (Å²) in [4.78, 5) is 4.57. The van der Waals surface area contributed by atoms with E-state index in [0.717, 1.165) is 54.9 Å². The molecule has 0 aliphatic carbocycles. The molecule has 0 amide bonds. The molecule has 20 heavy (non-hydrogen) atoms. The van der Waals surface area contributed by atoms with E-state index in [-0.39, 0.29) is 6.10 Å². The van der Waals surface area contributed by atoms with E-state index in [1.165, 1.54) is 12.8 Å². The van der Waals surface area contributed by atoms with Crippen molar-refractivity contribution in [1.82, 2.24) is 5.32 Å². The van der Waals surface area contributed by atoms with Crippen molar-refractivity contribution in [3.8, 4) is 0 Å². The van der Waals surface area contributed by atoms with E-state index in [2.05, 4.69) is 16.4 Å². The number of nitrogens with zero attached hydrogens (tertiary/aromatic N) is 1. The lowest BCUT2D eigenvalue weighted by atomic mass is 9.95. The van der Waals surface area contributed by atoms with E-state index >= 15 is 0 Å². The normalized spacial score (nSPS) is 23.4. The lowest BCUT2D eigenvalue weighted by Gasteiger charge is -2.22. The van der Waals surface area contributed by atoms with Crippen LogP contribution in [0.1, 0.15) is 24.8 Å². The van der Waals surface area contributed by atoms with Crippen LogP contribution < -0.4 is 5.32 Å². The average molecular weight is 293 g/mol. The summed E-state index contributed by atoms with van der Waals surface area (Å²) < 4.78 is 5.99. The monoisotopic (exact) mass is 292 g/mol. The van der Waals surface area contributed by atoms with E-state index in [0.29, 0.717) is 0 Å². The highest BCUT2D eigenvalue weighted by molar-refractivity contribution is 6.31. The first-order valence-electron chi connectivity index (χ1n) is 7.45. The van der Waals surface area contributed by atoms with Crippen LogP contribution in [-0.2, 0) is 11.2 Å². The summed E-state index contributed by atoms with van der Waals surface area (Å²) >= 11 is 6.19. The molecule has 3 rings (SSSR count). The third-order valence-corrected chi connectivity index (χ3v) is 4.47. The molecule has 4 heteroatoms. The molecule has 0 spiro atoms. The summed E-state index contributed by atoms with van der Waals surface area (Å²) in [6, 6.07) is 7.98. The first kappa shape index (κ1) is 13.9. The quantitative estimate of drug-likeness (QED) is 0.925. The van der Waals surface area contributed by atoms with Crippen LogP contribution in [0.4, 0.5) is 0 Å². The third-order valence-electron chi connectivity index (χ3n) is 4.10. The van der Waals surface area contributed by atoms with Gasteiger partial charge >= 0.3 is 0 Å². The van der Waals surface area contributed by atoms with Crippen LogP contribution in [0.5, 0.6) is 0 Å². The van der Waals surface area contributed by atoms with E-state index < -0.39 is 0 Å². The third kappa shape index (κ3) is 3.53. The van der Waals surface area contributed by atoms with Gasteiger partial charge in [-0.2, -0.15) is 0 Å². The van der Waals surface area contributed by atoms with Crippen molar-refractivity contribution in [3.05, 3.63) is 34.9 Å². The molecule has 3 nitrogen and oxygen atoms in total. The summed E-state index contributed by atoms with van der Waals surface area (Å²) in [7, 11) is 0. The second-order valence-electron chi connectivity index (χ2n) is 5.67. The van der Waals surface area contributed by atoms with Gasteiger partial charge < -0.3 is 10.1 Å². The Morgan fingerprint density at radius 3 is 2.80 bits per heavy atom. The molecule has 2 heterocycles. The van der Waals surface area contributed by atoms with Gasteiger partial charge in [0.25, 0.3) is 0 Å². The predicted octanol–water partition coefficient (Wildman–Crippen LogP) is 3.07. The van der Waals surface area contributed by atoms with Crippen LogP contribution in [-0.4, -0.2) is 31.6 Å². The SMILES string of the molecule is Clc1ccccc1CC1CN=C(CC2CCNCC2)O1.